The summed E-state index contributed by atoms with van der Waals surface area (Å²) in [7, 11) is -3.73. The molecule has 0 fully saturated rings. The first-order valence-electron chi connectivity index (χ1n) is 8.90. The van der Waals surface area contributed by atoms with Gasteiger partial charge >= 0.3 is 0 Å². The van der Waals surface area contributed by atoms with Crippen LogP contribution in [0.15, 0.2) is 88.2 Å². The molecule has 0 aliphatic carbocycles. The van der Waals surface area contributed by atoms with E-state index in [2.05, 4.69) is 10.0 Å². The van der Waals surface area contributed by atoms with Gasteiger partial charge in [-0.25, -0.2) is 8.42 Å². The van der Waals surface area contributed by atoms with Crippen molar-refractivity contribution in [2.75, 3.05) is 10.0 Å². The average Bonchev–Trinajstić information content (AvgIpc) is 3.12. The lowest BCUT2D eigenvalue weighted by Crippen LogP contribution is -2.14. The number of aryl methyl sites for hydroxylation is 1. The zero-order chi connectivity index (χ0) is 20.4. The second-order valence-electron chi connectivity index (χ2n) is 6.60. The van der Waals surface area contributed by atoms with Gasteiger partial charge in [0, 0.05) is 16.8 Å². The highest BCUT2D eigenvalue weighted by atomic mass is 32.2. The van der Waals surface area contributed by atoms with Crippen molar-refractivity contribution in [3.05, 3.63) is 90.2 Å². The molecule has 146 valence electrons. The Kier molecular flexibility index (Phi) is 4.82. The smallest absolute Gasteiger partial charge is 0.291 e. The fourth-order valence-corrected chi connectivity index (χ4v) is 3.98. The van der Waals surface area contributed by atoms with Gasteiger partial charge in [-0.2, -0.15) is 0 Å². The minimum atomic E-state index is -3.73. The summed E-state index contributed by atoms with van der Waals surface area (Å²) in [6.07, 6.45) is 0. The Morgan fingerprint density at radius 1 is 0.862 bits per heavy atom. The van der Waals surface area contributed by atoms with Crippen LogP contribution in [-0.2, 0) is 10.0 Å². The molecule has 0 spiro atoms. The predicted octanol–water partition coefficient (Wildman–Crippen LogP) is 4.79. The summed E-state index contributed by atoms with van der Waals surface area (Å²) in [6.45, 7) is 1.89. The Hall–Kier alpha value is -3.58. The van der Waals surface area contributed by atoms with Gasteiger partial charge in [0.2, 0.25) is 0 Å². The molecule has 0 bridgehead atoms. The van der Waals surface area contributed by atoms with E-state index in [1.165, 1.54) is 24.3 Å². The number of hydrogen-bond donors (Lipinski definition) is 2. The maximum absolute atomic E-state index is 12.6. The first-order valence-corrected chi connectivity index (χ1v) is 10.4. The van der Waals surface area contributed by atoms with Crippen LogP contribution in [0.25, 0.3) is 11.0 Å². The van der Waals surface area contributed by atoms with Crippen LogP contribution >= 0.6 is 0 Å². The van der Waals surface area contributed by atoms with Crippen LogP contribution in [-0.4, -0.2) is 14.3 Å². The van der Waals surface area contributed by atoms with Crippen molar-refractivity contribution in [1.29, 1.82) is 0 Å². The lowest BCUT2D eigenvalue weighted by atomic mass is 10.2. The van der Waals surface area contributed by atoms with Crippen LogP contribution in [0.5, 0.6) is 0 Å². The predicted molar refractivity (Wildman–Crippen MR) is 113 cm³/mol. The first-order chi connectivity index (χ1) is 13.9. The lowest BCUT2D eigenvalue weighted by molar-refractivity contribution is 0.0998. The van der Waals surface area contributed by atoms with E-state index >= 15 is 0 Å². The number of benzene rings is 3. The van der Waals surface area contributed by atoms with E-state index in [1.54, 1.807) is 30.3 Å². The Labute approximate surface area is 168 Å². The highest BCUT2D eigenvalue weighted by molar-refractivity contribution is 7.92. The van der Waals surface area contributed by atoms with Crippen LogP contribution in [0.3, 0.4) is 0 Å². The largest absolute Gasteiger partial charge is 0.451 e. The van der Waals surface area contributed by atoms with Crippen molar-refractivity contribution in [2.24, 2.45) is 0 Å². The summed E-state index contributed by atoms with van der Waals surface area (Å²) in [6, 6.07) is 22.0. The molecule has 0 unspecified atom stereocenters. The van der Waals surface area contributed by atoms with Crippen molar-refractivity contribution >= 4 is 38.3 Å². The molecule has 0 aliphatic rings. The molecule has 1 aromatic heterocycles. The molecular formula is C22H18N2O4S. The number of para-hydroxylation sites is 1. The molecule has 0 radical (unpaired) electrons. The minimum Gasteiger partial charge on any atom is -0.451 e. The molecule has 0 atom stereocenters. The summed E-state index contributed by atoms with van der Waals surface area (Å²) in [4.78, 5) is 12.5. The van der Waals surface area contributed by atoms with Gasteiger partial charge in [-0.05, 0) is 61.0 Å². The van der Waals surface area contributed by atoms with Crippen LogP contribution in [0.4, 0.5) is 11.4 Å². The van der Waals surface area contributed by atoms with E-state index in [1.807, 2.05) is 31.2 Å². The van der Waals surface area contributed by atoms with Crippen molar-refractivity contribution in [2.45, 2.75) is 11.8 Å². The third kappa shape index (κ3) is 4.14. The Balaban J connectivity index is 1.49. The molecule has 0 aliphatic heterocycles. The summed E-state index contributed by atoms with van der Waals surface area (Å²) in [5.41, 5.74) is 2.53. The van der Waals surface area contributed by atoms with E-state index in [4.69, 9.17) is 4.42 Å². The lowest BCUT2D eigenvalue weighted by Gasteiger charge is -2.09. The Morgan fingerprint density at radius 2 is 1.62 bits per heavy atom. The Morgan fingerprint density at radius 3 is 2.34 bits per heavy atom. The first kappa shape index (κ1) is 18.8. The van der Waals surface area contributed by atoms with Crippen molar-refractivity contribution < 1.29 is 17.6 Å². The fraction of sp³-hybridized carbons (Fsp3) is 0.0455. The standard InChI is InChI=1S/C22H18N2O4S/c1-15-5-4-7-18(13-15)24-29(26,27)19-11-9-17(10-12-19)23-22(25)21-14-16-6-2-3-8-20(16)28-21/h2-14,24H,1H3,(H,23,25). The van der Waals surface area contributed by atoms with E-state index in [0.29, 0.717) is 17.0 Å². The van der Waals surface area contributed by atoms with Gasteiger partial charge in [0.05, 0.1) is 4.90 Å². The van der Waals surface area contributed by atoms with E-state index in [-0.39, 0.29) is 10.7 Å². The molecule has 1 amide bonds. The van der Waals surface area contributed by atoms with Gasteiger partial charge < -0.3 is 9.73 Å². The van der Waals surface area contributed by atoms with Gasteiger partial charge in [0.25, 0.3) is 15.9 Å². The second-order valence-corrected chi connectivity index (χ2v) is 8.28. The maximum atomic E-state index is 12.6. The van der Waals surface area contributed by atoms with Crippen molar-refractivity contribution in [3.8, 4) is 0 Å². The average molecular weight is 406 g/mol. The van der Waals surface area contributed by atoms with Gasteiger partial charge in [0.1, 0.15) is 5.58 Å². The normalized spacial score (nSPS) is 11.3. The second kappa shape index (κ2) is 7.44. The third-order valence-corrected chi connectivity index (χ3v) is 5.74. The monoisotopic (exact) mass is 406 g/mol. The molecule has 0 saturated heterocycles. The molecule has 4 rings (SSSR count). The fourth-order valence-electron chi connectivity index (χ4n) is 2.93. The molecule has 1 heterocycles. The van der Waals surface area contributed by atoms with Gasteiger partial charge in [-0.3, -0.25) is 9.52 Å². The maximum Gasteiger partial charge on any atom is 0.291 e. The molecule has 7 heteroatoms. The zero-order valence-corrected chi connectivity index (χ0v) is 16.4. The summed E-state index contributed by atoms with van der Waals surface area (Å²) < 4.78 is 33.2. The van der Waals surface area contributed by atoms with Gasteiger partial charge in [-0.15, -0.1) is 0 Å². The number of carbonyl (C=O) groups is 1. The summed E-state index contributed by atoms with van der Waals surface area (Å²) >= 11 is 0. The number of carbonyl (C=O) groups excluding carboxylic acids is 1. The number of anilines is 2. The van der Waals surface area contributed by atoms with Crippen molar-refractivity contribution in [1.82, 2.24) is 0 Å². The highest BCUT2D eigenvalue weighted by Gasteiger charge is 2.16. The molecule has 3 aromatic carbocycles. The minimum absolute atomic E-state index is 0.0979. The molecule has 6 nitrogen and oxygen atoms in total. The number of amides is 1. The number of rotatable bonds is 5. The van der Waals surface area contributed by atoms with Gasteiger partial charge in [0.15, 0.2) is 5.76 Å². The van der Waals surface area contributed by atoms with E-state index in [9.17, 15) is 13.2 Å². The van der Waals surface area contributed by atoms with Crippen molar-refractivity contribution in [3.63, 3.8) is 0 Å². The van der Waals surface area contributed by atoms with E-state index < -0.39 is 15.9 Å². The van der Waals surface area contributed by atoms with Crippen LogP contribution in [0, 0.1) is 6.92 Å². The SMILES string of the molecule is Cc1cccc(NS(=O)(=O)c2ccc(NC(=O)c3cc4ccccc4o3)cc2)c1. The van der Waals surface area contributed by atoms with Crippen LogP contribution in [0.2, 0.25) is 0 Å². The van der Waals surface area contributed by atoms with Gasteiger partial charge in [-0.1, -0.05) is 30.3 Å². The quantitative estimate of drug-likeness (QED) is 0.499. The number of hydrogen-bond acceptors (Lipinski definition) is 4. The Bertz CT molecular complexity index is 1260. The molecular weight excluding hydrogens is 388 g/mol. The van der Waals surface area contributed by atoms with E-state index in [0.717, 1.165) is 10.9 Å². The van der Waals surface area contributed by atoms with Crippen LogP contribution in [0.1, 0.15) is 16.1 Å². The number of nitrogens with one attached hydrogen (secondary N) is 2. The summed E-state index contributed by atoms with van der Waals surface area (Å²) in [5, 5.41) is 3.54. The molecule has 4 aromatic rings. The molecule has 2 N–H and O–H groups in total. The topological polar surface area (TPSA) is 88.4 Å². The number of furan rings is 1. The summed E-state index contributed by atoms with van der Waals surface area (Å²) in [5.74, 6) is -0.223. The number of fused-ring (bicyclic) bond motifs is 1. The molecule has 0 saturated carbocycles. The van der Waals surface area contributed by atoms with Crippen LogP contribution < -0.4 is 10.0 Å². The highest BCUT2D eigenvalue weighted by Crippen LogP contribution is 2.22. The molecule has 29 heavy (non-hydrogen) atoms. The third-order valence-electron chi connectivity index (χ3n) is 4.34. The zero-order valence-electron chi connectivity index (χ0n) is 15.5. The number of sulfonamides is 1.